The predicted octanol–water partition coefficient (Wildman–Crippen LogP) is 2.89. The van der Waals surface area contributed by atoms with Gasteiger partial charge in [0, 0.05) is 18.7 Å². The zero-order valence-corrected chi connectivity index (χ0v) is 14.9. The number of hydrogen-bond donors (Lipinski definition) is 2. The van der Waals surface area contributed by atoms with Crippen molar-refractivity contribution in [1.82, 2.24) is 10.2 Å². The van der Waals surface area contributed by atoms with Crippen molar-refractivity contribution < 1.29 is 14.4 Å². The molecule has 3 rings (SSSR count). The van der Waals surface area contributed by atoms with Gasteiger partial charge in [0.25, 0.3) is 5.91 Å². The maximum atomic E-state index is 12.5. The van der Waals surface area contributed by atoms with Crippen molar-refractivity contribution in [3.05, 3.63) is 29.3 Å². The number of carbonyl (C=O) groups is 3. The van der Waals surface area contributed by atoms with Crippen molar-refractivity contribution in [3.63, 3.8) is 0 Å². The van der Waals surface area contributed by atoms with Crippen LogP contribution in [0.15, 0.2) is 18.2 Å². The number of benzene rings is 1. The van der Waals surface area contributed by atoms with Gasteiger partial charge in [0.2, 0.25) is 5.91 Å². The molecule has 4 amide bonds. The summed E-state index contributed by atoms with van der Waals surface area (Å²) in [6, 6.07) is 5.55. The van der Waals surface area contributed by atoms with E-state index in [0.29, 0.717) is 6.42 Å². The summed E-state index contributed by atoms with van der Waals surface area (Å²) in [4.78, 5) is 38.0. The van der Waals surface area contributed by atoms with Crippen molar-refractivity contribution in [2.45, 2.75) is 57.9 Å². The number of hydrogen-bond acceptors (Lipinski definition) is 3. The monoisotopic (exact) mass is 343 g/mol. The lowest BCUT2D eigenvalue weighted by Crippen LogP contribution is -2.44. The van der Waals surface area contributed by atoms with Crippen LogP contribution in [0.2, 0.25) is 0 Å². The van der Waals surface area contributed by atoms with Crippen LogP contribution in [0.25, 0.3) is 0 Å². The third kappa shape index (κ3) is 3.52. The summed E-state index contributed by atoms with van der Waals surface area (Å²) in [5, 5.41) is 5.75. The third-order valence-electron chi connectivity index (χ3n) is 5.14. The third-order valence-corrected chi connectivity index (χ3v) is 5.14. The minimum atomic E-state index is -0.668. The Labute approximate surface area is 148 Å². The second kappa shape index (κ2) is 6.86. The molecule has 0 atom stereocenters. The first-order valence-corrected chi connectivity index (χ1v) is 8.92. The van der Waals surface area contributed by atoms with Crippen molar-refractivity contribution in [1.29, 1.82) is 0 Å². The van der Waals surface area contributed by atoms with E-state index in [4.69, 9.17) is 0 Å². The molecular formula is C19H25N3O3. The van der Waals surface area contributed by atoms with Gasteiger partial charge in [0.05, 0.1) is 0 Å². The summed E-state index contributed by atoms with van der Waals surface area (Å²) in [7, 11) is 0. The normalized spacial score (nSPS) is 18.7. The fourth-order valence-electron chi connectivity index (χ4n) is 3.76. The molecule has 25 heavy (non-hydrogen) atoms. The molecule has 0 bridgehead atoms. The first kappa shape index (κ1) is 17.5. The Morgan fingerprint density at radius 3 is 2.64 bits per heavy atom. The quantitative estimate of drug-likeness (QED) is 0.807. The van der Waals surface area contributed by atoms with Crippen LogP contribution >= 0.6 is 0 Å². The highest BCUT2D eigenvalue weighted by molar-refractivity contribution is 6.07. The summed E-state index contributed by atoms with van der Waals surface area (Å²) < 4.78 is 0. The van der Waals surface area contributed by atoms with Crippen LogP contribution in [0.3, 0.4) is 0 Å². The number of urea groups is 1. The number of aryl methyl sites for hydroxylation is 2. The van der Waals surface area contributed by atoms with Gasteiger partial charge in [-0.25, -0.2) is 4.79 Å². The van der Waals surface area contributed by atoms with Crippen LogP contribution in [-0.4, -0.2) is 34.8 Å². The number of rotatable bonds is 5. The summed E-state index contributed by atoms with van der Waals surface area (Å²) in [6.45, 7) is 4.25. The molecule has 134 valence electrons. The minimum Gasteiger partial charge on any atom is -0.326 e. The minimum absolute atomic E-state index is 0.102. The van der Waals surface area contributed by atoms with E-state index in [-0.39, 0.29) is 30.8 Å². The Morgan fingerprint density at radius 2 is 1.96 bits per heavy atom. The first-order valence-electron chi connectivity index (χ1n) is 8.92. The lowest BCUT2D eigenvalue weighted by atomic mass is 9.98. The molecule has 1 aromatic carbocycles. The number of nitrogens with one attached hydrogen (secondary N) is 2. The van der Waals surface area contributed by atoms with Gasteiger partial charge in [0.1, 0.15) is 5.54 Å². The average Bonchev–Trinajstić information content (AvgIpc) is 3.11. The lowest BCUT2D eigenvalue weighted by molar-refractivity contribution is -0.131. The highest BCUT2D eigenvalue weighted by atomic mass is 16.2. The van der Waals surface area contributed by atoms with Crippen molar-refractivity contribution in [2.24, 2.45) is 0 Å². The Kier molecular flexibility index (Phi) is 4.79. The molecule has 1 heterocycles. The van der Waals surface area contributed by atoms with E-state index < -0.39 is 5.54 Å². The largest absolute Gasteiger partial charge is 0.326 e. The Bertz CT molecular complexity index is 708. The number of nitrogens with zero attached hydrogens (tertiary/aromatic N) is 1. The Balaban J connectivity index is 1.50. The lowest BCUT2D eigenvalue weighted by Gasteiger charge is -2.19. The van der Waals surface area contributed by atoms with Crippen LogP contribution in [0.4, 0.5) is 10.5 Å². The predicted molar refractivity (Wildman–Crippen MR) is 95.2 cm³/mol. The second-order valence-corrected chi connectivity index (χ2v) is 7.15. The molecule has 2 aliphatic rings. The highest BCUT2D eigenvalue weighted by Crippen LogP contribution is 2.35. The van der Waals surface area contributed by atoms with Crippen LogP contribution in [-0.2, 0) is 9.59 Å². The van der Waals surface area contributed by atoms with Crippen molar-refractivity contribution in [2.75, 3.05) is 11.9 Å². The molecule has 0 radical (unpaired) electrons. The molecule has 1 saturated heterocycles. The molecular weight excluding hydrogens is 318 g/mol. The van der Waals surface area contributed by atoms with Crippen molar-refractivity contribution in [3.8, 4) is 0 Å². The smallest absolute Gasteiger partial charge is 0.325 e. The van der Waals surface area contributed by atoms with Gasteiger partial charge in [-0.15, -0.1) is 0 Å². The molecule has 1 aliphatic heterocycles. The van der Waals surface area contributed by atoms with Gasteiger partial charge in [-0.3, -0.25) is 14.5 Å². The summed E-state index contributed by atoms with van der Waals surface area (Å²) in [5.41, 5.74) is 2.30. The maximum absolute atomic E-state index is 12.5. The SMILES string of the molecule is Cc1ccc(NC(=O)CCCN2C(=O)NC3(CCCC3)C2=O)c(C)c1. The molecule has 1 spiro atoms. The highest BCUT2D eigenvalue weighted by Gasteiger charge is 2.51. The number of imide groups is 1. The fourth-order valence-corrected chi connectivity index (χ4v) is 3.76. The molecule has 0 aromatic heterocycles. The van der Waals surface area contributed by atoms with E-state index in [1.165, 1.54) is 4.90 Å². The van der Waals surface area contributed by atoms with Gasteiger partial charge in [-0.05, 0) is 44.7 Å². The maximum Gasteiger partial charge on any atom is 0.325 e. The Hall–Kier alpha value is -2.37. The van der Waals surface area contributed by atoms with Crippen LogP contribution in [0.5, 0.6) is 0 Å². The molecule has 1 aliphatic carbocycles. The van der Waals surface area contributed by atoms with Gasteiger partial charge in [-0.2, -0.15) is 0 Å². The Morgan fingerprint density at radius 1 is 1.24 bits per heavy atom. The number of amides is 4. The first-order chi connectivity index (χ1) is 11.9. The number of carbonyl (C=O) groups excluding carboxylic acids is 3. The molecule has 1 aromatic rings. The van der Waals surface area contributed by atoms with Gasteiger partial charge >= 0.3 is 6.03 Å². The van der Waals surface area contributed by atoms with E-state index in [0.717, 1.165) is 42.5 Å². The molecule has 2 N–H and O–H groups in total. The van der Waals surface area contributed by atoms with E-state index in [1.54, 1.807) is 0 Å². The zero-order chi connectivity index (χ0) is 18.0. The van der Waals surface area contributed by atoms with E-state index in [1.807, 2.05) is 32.0 Å². The van der Waals surface area contributed by atoms with Crippen LogP contribution in [0.1, 0.15) is 49.7 Å². The van der Waals surface area contributed by atoms with Gasteiger partial charge in [0.15, 0.2) is 0 Å². The summed E-state index contributed by atoms with van der Waals surface area (Å²) >= 11 is 0. The number of anilines is 1. The van der Waals surface area contributed by atoms with Gasteiger partial charge < -0.3 is 10.6 Å². The van der Waals surface area contributed by atoms with Crippen LogP contribution in [0, 0.1) is 13.8 Å². The van der Waals surface area contributed by atoms with E-state index in [2.05, 4.69) is 10.6 Å². The van der Waals surface area contributed by atoms with Crippen molar-refractivity contribution >= 4 is 23.5 Å². The second-order valence-electron chi connectivity index (χ2n) is 7.15. The molecule has 6 heteroatoms. The molecule has 1 saturated carbocycles. The van der Waals surface area contributed by atoms with Crippen LogP contribution < -0.4 is 10.6 Å². The standard InChI is InChI=1S/C19H25N3O3/c1-13-7-8-15(14(2)12-13)20-16(23)6-5-11-22-17(24)19(21-18(22)25)9-3-4-10-19/h7-8,12H,3-6,9-11H2,1-2H3,(H,20,23)(H,21,25). The van der Waals surface area contributed by atoms with E-state index >= 15 is 0 Å². The topological polar surface area (TPSA) is 78.5 Å². The zero-order valence-electron chi connectivity index (χ0n) is 14.9. The summed E-state index contributed by atoms with van der Waals surface area (Å²) in [5.74, 6) is -0.223. The average molecular weight is 343 g/mol. The molecule has 6 nitrogen and oxygen atoms in total. The molecule has 0 unspecified atom stereocenters. The van der Waals surface area contributed by atoms with Gasteiger partial charge in [-0.1, -0.05) is 30.5 Å². The molecule has 2 fully saturated rings. The van der Waals surface area contributed by atoms with E-state index in [9.17, 15) is 14.4 Å². The summed E-state index contributed by atoms with van der Waals surface area (Å²) in [6.07, 6.45) is 4.13. The fraction of sp³-hybridized carbons (Fsp3) is 0.526.